The van der Waals surface area contributed by atoms with Gasteiger partial charge in [0.2, 0.25) is 0 Å². The van der Waals surface area contributed by atoms with Crippen LogP contribution in [0.2, 0.25) is 0 Å². The van der Waals surface area contributed by atoms with Gasteiger partial charge in [-0.2, -0.15) is 0 Å². The van der Waals surface area contributed by atoms with Crippen molar-refractivity contribution in [2.45, 2.75) is 39.9 Å². The Hall–Kier alpha value is -1.82. The zero-order chi connectivity index (χ0) is 14.9. The molecule has 6 nitrogen and oxygen atoms in total. The van der Waals surface area contributed by atoms with Gasteiger partial charge in [0.05, 0.1) is 17.8 Å². The fourth-order valence-corrected chi connectivity index (χ4v) is 2.76. The minimum absolute atomic E-state index is 0.0943. The predicted molar refractivity (Wildman–Crippen MR) is 78.4 cm³/mol. The van der Waals surface area contributed by atoms with Gasteiger partial charge in [-0.15, -0.1) is 0 Å². The van der Waals surface area contributed by atoms with Gasteiger partial charge in [0.25, 0.3) is 0 Å². The number of pyridine rings is 1. The van der Waals surface area contributed by atoms with E-state index in [4.69, 9.17) is 15.7 Å². The van der Waals surface area contributed by atoms with Gasteiger partial charge >= 0.3 is 0 Å². The van der Waals surface area contributed by atoms with E-state index in [1.54, 1.807) is 0 Å². The lowest BCUT2D eigenvalue weighted by Gasteiger charge is -2.37. The zero-order valence-electron chi connectivity index (χ0n) is 12.4. The van der Waals surface area contributed by atoms with Crippen LogP contribution in [0.1, 0.15) is 30.7 Å². The topological polar surface area (TPSA) is 84.0 Å². The van der Waals surface area contributed by atoms with Crippen LogP contribution in [-0.2, 0) is 4.74 Å². The summed E-state index contributed by atoms with van der Waals surface area (Å²) < 4.78 is 5.74. The molecule has 0 bridgehead atoms. The molecule has 1 aromatic heterocycles. The first kappa shape index (κ1) is 14.6. The van der Waals surface area contributed by atoms with Gasteiger partial charge in [-0.3, -0.25) is 0 Å². The van der Waals surface area contributed by atoms with Crippen LogP contribution < -0.4 is 10.6 Å². The number of aromatic nitrogens is 1. The van der Waals surface area contributed by atoms with Gasteiger partial charge < -0.3 is 20.6 Å². The molecule has 2 heterocycles. The maximum atomic E-state index is 9.00. The molecule has 6 heteroatoms. The maximum Gasteiger partial charge on any atom is 0.174 e. The molecule has 1 aliphatic rings. The molecule has 2 rings (SSSR count). The lowest BCUT2D eigenvalue weighted by Crippen LogP contribution is -2.46. The summed E-state index contributed by atoms with van der Waals surface area (Å²) in [6, 6.07) is 1.93. The average molecular weight is 278 g/mol. The van der Waals surface area contributed by atoms with Crippen LogP contribution >= 0.6 is 0 Å². The number of hydrogen-bond acceptors (Lipinski definition) is 5. The minimum atomic E-state index is 0.0943. The highest BCUT2D eigenvalue weighted by molar-refractivity contribution is 6.02. The third-order valence-electron chi connectivity index (χ3n) is 3.41. The van der Waals surface area contributed by atoms with E-state index in [0.29, 0.717) is 5.56 Å². The van der Waals surface area contributed by atoms with E-state index in [0.717, 1.165) is 30.2 Å². The molecule has 0 aliphatic carbocycles. The normalized spacial score (nSPS) is 24.0. The first-order valence-electron chi connectivity index (χ1n) is 6.79. The highest BCUT2D eigenvalue weighted by Gasteiger charge is 2.26. The molecule has 2 atom stereocenters. The summed E-state index contributed by atoms with van der Waals surface area (Å²) in [4.78, 5) is 6.74. The third kappa shape index (κ3) is 2.85. The number of ether oxygens (including phenoxy) is 1. The predicted octanol–water partition coefficient (Wildman–Crippen LogP) is 1.41. The third-order valence-corrected chi connectivity index (χ3v) is 3.41. The van der Waals surface area contributed by atoms with Crippen LogP contribution in [0.3, 0.4) is 0 Å². The number of morpholine rings is 1. The standard InChI is InChI=1S/C14H22N4O2/c1-8-5-9(2)16-14(12(8)13(15)17-19)18-6-10(3)20-11(4)7-18/h5,10-11,19H,6-7H2,1-4H3,(H2,15,17). The number of aryl methyl sites for hydroxylation is 2. The summed E-state index contributed by atoms with van der Waals surface area (Å²) in [5.41, 5.74) is 8.39. The van der Waals surface area contributed by atoms with Gasteiger partial charge in [0.15, 0.2) is 5.84 Å². The van der Waals surface area contributed by atoms with Crippen LogP contribution in [0.5, 0.6) is 0 Å². The lowest BCUT2D eigenvalue weighted by molar-refractivity contribution is -0.00548. The van der Waals surface area contributed by atoms with Crippen LogP contribution in [0.4, 0.5) is 5.82 Å². The lowest BCUT2D eigenvalue weighted by atomic mass is 10.1. The first-order valence-corrected chi connectivity index (χ1v) is 6.79. The SMILES string of the molecule is Cc1cc(C)c(C(N)=NO)c(N2CC(C)OC(C)C2)n1. The minimum Gasteiger partial charge on any atom is -0.409 e. The maximum absolute atomic E-state index is 9.00. The van der Waals surface area contributed by atoms with Crippen molar-refractivity contribution in [3.8, 4) is 0 Å². The Bertz CT molecular complexity index is 520. The highest BCUT2D eigenvalue weighted by atomic mass is 16.5. The van der Waals surface area contributed by atoms with Gasteiger partial charge in [-0.25, -0.2) is 4.98 Å². The number of rotatable bonds is 2. The van der Waals surface area contributed by atoms with E-state index < -0.39 is 0 Å². The molecule has 1 fully saturated rings. The van der Waals surface area contributed by atoms with Crippen molar-refractivity contribution in [3.63, 3.8) is 0 Å². The summed E-state index contributed by atoms with van der Waals surface area (Å²) in [7, 11) is 0. The van der Waals surface area contributed by atoms with E-state index in [1.807, 2.05) is 33.8 Å². The average Bonchev–Trinajstić information content (AvgIpc) is 2.35. The number of amidine groups is 1. The molecule has 3 N–H and O–H groups in total. The van der Waals surface area contributed by atoms with Crippen LogP contribution in [-0.4, -0.2) is 41.3 Å². The highest BCUT2D eigenvalue weighted by Crippen LogP contribution is 2.25. The largest absolute Gasteiger partial charge is 0.409 e. The molecule has 0 saturated carbocycles. The van der Waals surface area contributed by atoms with Gasteiger partial charge in [-0.05, 0) is 39.3 Å². The molecule has 1 saturated heterocycles. The Kier molecular flexibility index (Phi) is 4.13. The second-order valence-corrected chi connectivity index (χ2v) is 5.43. The second kappa shape index (κ2) is 5.66. The summed E-state index contributed by atoms with van der Waals surface area (Å²) in [6.45, 7) is 9.44. The van der Waals surface area contributed by atoms with Crippen LogP contribution in [0.25, 0.3) is 0 Å². The van der Waals surface area contributed by atoms with Gasteiger partial charge in [0.1, 0.15) is 5.82 Å². The van der Waals surface area contributed by atoms with Crippen molar-refractivity contribution in [1.29, 1.82) is 0 Å². The van der Waals surface area contributed by atoms with E-state index in [9.17, 15) is 0 Å². The Morgan fingerprint density at radius 3 is 2.55 bits per heavy atom. The van der Waals surface area contributed by atoms with Crippen molar-refractivity contribution in [1.82, 2.24) is 4.98 Å². The Labute approximate surface area is 119 Å². The Balaban J connectivity index is 2.49. The van der Waals surface area contributed by atoms with Crippen molar-refractivity contribution in [2.24, 2.45) is 10.9 Å². The molecule has 1 aromatic rings. The summed E-state index contributed by atoms with van der Waals surface area (Å²) in [6.07, 6.45) is 0.253. The van der Waals surface area contributed by atoms with Crippen molar-refractivity contribution in [3.05, 3.63) is 22.9 Å². The van der Waals surface area contributed by atoms with Gasteiger partial charge in [-0.1, -0.05) is 5.16 Å². The van der Waals surface area contributed by atoms with E-state index in [-0.39, 0.29) is 18.0 Å². The zero-order valence-corrected chi connectivity index (χ0v) is 12.4. The summed E-state index contributed by atoms with van der Waals surface area (Å²) in [5.74, 6) is 0.858. The number of nitrogens with zero attached hydrogens (tertiary/aromatic N) is 3. The molecular formula is C14H22N4O2. The molecule has 1 aliphatic heterocycles. The number of hydrogen-bond donors (Lipinski definition) is 2. The molecule has 20 heavy (non-hydrogen) atoms. The fourth-order valence-electron chi connectivity index (χ4n) is 2.76. The number of nitrogens with two attached hydrogens (primary N) is 1. The molecule has 0 spiro atoms. The van der Waals surface area contributed by atoms with Crippen molar-refractivity contribution in [2.75, 3.05) is 18.0 Å². The molecule has 0 aromatic carbocycles. The molecular weight excluding hydrogens is 256 g/mol. The van der Waals surface area contributed by atoms with Crippen molar-refractivity contribution < 1.29 is 9.94 Å². The number of anilines is 1. The summed E-state index contributed by atoms with van der Waals surface area (Å²) >= 11 is 0. The van der Waals surface area contributed by atoms with E-state index in [1.165, 1.54) is 0 Å². The Morgan fingerprint density at radius 1 is 1.40 bits per heavy atom. The second-order valence-electron chi connectivity index (χ2n) is 5.43. The van der Waals surface area contributed by atoms with Gasteiger partial charge in [0, 0.05) is 18.8 Å². The van der Waals surface area contributed by atoms with E-state index in [2.05, 4.69) is 15.0 Å². The first-order chi connectivity index (χ1) is 9.42. The quantitative estimate of drug-likeness (QED) is 0.370. The molecule has 0 amide bonds. The molecule has 2 unspecified atom stereocenters. The van der Waals surface area contributed by atoms with Crippen LogP contribution in [0.15, 0.2) is 11.2 Å². The molecule has 0 radical (unpaired) electrons. The number of oxime groups is 1. The molecule has 110 valence electrons. The smallest absolute Gasteiger partial charge is 0.174 e. The van der Waals surface area contributed by atoms with Crippen LogP contribution in [0, 0.1) is 13.8 Å². The summed E-state index contributed by atoms with van der Waals surface area (Å²) in [5, 5.41) is 12.1. The fraction of sp³-hybridized carbons (Fsp3) is 0.571. The van der Waals surface area contributed by atoms with E-state index >= 15 is 0 Å². The monoisotopic (exact) mass is 278 g/mol. The van der Waals surface area contributed by atoms with Crippen molar-refractivity contribution >= 4 is 11.7 Å². The Morgan fingerprint density at radius 2 is 2.00 bits per heavy atom.